The van der Waals surface area contributed by atoms with Gasteiger partial charge in [0.25, 0.3) is 0 Å². The van der Waals surface area contributed by atoms with Gasteiger partial charge in [0.2, 0.25) is 0 Å². The van der Waals surface area contributed by atoms with Crippen LogP contribution in [-0.4, -0.2) is 23.9 Å². The van der Waals surface area contributed by atoms with Gasteiger partial charge in [0, 0.05) is 0 Å². The van der Waals surface area contributed by atoms with E-state index in [9.17, 15) is 5.11 Å². The Bertz CT molecular complexity index is 89.3. The zero-order chi connectivity index (χ0) is 7.40. The van der Waals surface area contributed by atoms with Gasteiger partial charge in [-0.15, -0.1) is 0 Å². The predicted octanol–water partition coefficient (Wildman–Crippen LogP) is 1.33. The van der Waals surface area contributed by atoms with E-state index in [0.29, 0.717) is 0 Å². The summed E-state index contributed by atoms with van der Waals surface area (Å²) in [5, 5.41) is 9.29. The van der Waals surface area contributed by atoms with Crippen molar-refractivity contribution >= 4 is 0 Å². The highest BCUT2D eigenvalue weighted by molar-refractivity contribution is 4.77. The van der Waals surface area contributed by atoms with Gasteiger partial charge in [-0.2, -0.15) is 0 Å². The molecule has 1 heterocycles. The average molecular weight is 144 g/mol. The number of aliphatic hydroxyl groups excluding tert-OH is 1. The number of hydrogen-bond donors (Lipinski definition) is 1. The fraction of sp³-hybridized carbons (Fsp3) is 1.00. The van der Waals surface area contributed by atoms with Gasteiger partial charge < -0.3 is 9.84 Å². The molecule has 0 saturated carbocycles. The Kier molecular flexibility index (Phi) is 3.16. The normalized spacial score (nSPS) is 26.4. The Hall–Kier alpha value is -0.0800. The van der Waals surface area contributed by atoms with Gasteiger partial charge in [0.1, 0.15) is 6.10 Å². The molecule has 0 aromatic rings. The average Bonchev–Trinajstić information content (AvgIpc) is 2.69. The van der Waals surface area contributed by atoms with Crippen molar-refractivity contribution in [2.24, 2.45) is 0 Å². The second-order valence-electron chi connectivity index (χ2n) is 2.93. The van der Waals surface area contributed by atoms with Crippen LogP contribution in [0.2, 0.25) is 0 Å². The largest absolute Gasteiger partial charge is 0.390 e. The molecule has 10 heavy (non-hydrogen) atoms. The highest BCUT2D eigenvalue weighted by Gasteiger charge is 2.30. The van der Waals surface area contributed by atoms with Gasteiger partial charge >= 0.3 is 0 Å². The molecule has 0 aromatic carbocycles. The molecule has 1 rings (SSSR count). The maximum absolute atomic E-state index is 9.29. The SMILES string of the molecule is CCCCC[C@@H](O)C1CO1. The Balaban J connectivity index is 1.90. The molecule has 0 spiro atoms. The summed E-state index contributed by atoms with van der Waals surface area (Å²) >= 11 is 0. The summed E-state index contributed by atoms with van der Waals surface area (Å²) in [6.07, 6.45) is 4.49. The van der Waals surface area contributed by atoms with Crippen LogP contribution in [0.3, 0.4) is 0 Å². The molecule has 1 fully saturated rings. The minimum atomic E-state index is -0.188. The number of ether oxygens (including phenoxy) is 1. The van der Waals surface area contributed by atoms with Gasteiger partial charge in [0.05, 0.1) is 12.7 Å². The number of rotatable bonds is 5. The third-order valence-electron chi connectivity index (χ3n) is 1.89. The molecule has 1 saturated heterocycles. The Morgan fingerprint density at radius 1 is 1.60 bits per heavy atom. The molecular formula is C8H16O2. The lowest BCUT2D eigenvalue weighted by atomic mass is 10.1. The lowest BCUT2D eigenvalue weighted by molar-refractivity contribution is 0.123. The quantitative estimate of drug-likeness (QED) is 0.466. The first-order valence-electron chi connectivity index (χ1n) is 4.14. The van der Waals surface area contributed by atoms with Gasteiger partial charge in [-0.3, -0.25) is 0 Å². The summed E-state index contributed by atoms with van der Waals surface area (Å²) in [5.74, 6) is 0. The molecule has 0 aliphatic carbocycles. The maximum Gasteiger partial charge on any atom is 0.107 e. The van der Waals surface area contributed by atoms with Gasteiger partial charge in [-0.1, -0.05) is 26.2 Å². The van der Waals surface area contributed by atoms with E-state index >= 15 is 0 Å². The molecule has 2 heteroatoms. The Morgan fingerprint density at radius 3 is 2.80 bits per heavy atom. The highest BCUT2D eigenvalue weighted by atomic mass is 16.6. The van der Waals surface area contributed by atoms with Crippen molar-refractivity contribution in [3.8, 4) is 0 Å². The van der Waals surface area contributed by atoms with Crippen molar-refractivity contribution in [2.75, 3.05) is 6.61 Å². The molecule has 2 nitrogen and oxygen atoms in total. The molecule has 60 valence electrons. The van der Waals surface area contributed by atoms with Crippen molar-refractivity contribution < 1.29 is 9.84 Å². The first-order chi connectivity index (χ1) is 4.84. The zero-order valence-electron chi connectivity index (χ0n) is 6.55. The van der Waals surface area contributed by atoms with E-state index < -0.39 is 0 Å². The molecule has 1 N–H and O–H groups in total. The minimum Gasteiger partial charge on any atom is -0.390 e. The van der Waals surface area contributed by atoms with E-state index in [1.807, 2.05) is 0 Å². The number of hydrogen-bond acceptors (Lipinski definition) is 2. The van der Waals surface area contributed by atoms with E-state index in [1.165, 1.54) is 12.8 Å². The van der Waals surface area contributed by atoms with E-state index in [4.69, 9.17) is 4.74 Å². The summed E-state index contributed by atoms with van der Waals surface area (Å²) in [4.78, 5) is 0. The van der Waals surface area contributed by atoms with Crippen molar-refractivity contribution in [1.29, 1.82) is 0 Å². The predicted molar refractivity (Wildman–Crippen MR) is 39.9 cm³/mol. The van der Waals surface area contributed by atoms with Crippen LogP contribution in [-0.2, 0) is 4.74 Å². The lowest BCUT2D eigenvalue weighted by Gasteiger charge is -2.04. The van der Waals surface area contributed by atoms with Crippen LogP contribution in [0.1, 0.15) is 32.6 Å². The van der Waals surface area contributed by atoms with Crippen LogP contribution in [0, 0.1) is 0 Å². The van der Waals surface area contributed by atoms with Crippen LogP contribution < -0.4 is 0 Å². The summed E-state index contributed by atoms with van der Waals surface area (Å²) in [5.41, 5.74) is 0. The minimum absolute atomic E-state index is 0.178. The number of aliphatic hydroxyl groups is 1. The Morgan fingerprint density at radius 2 is 2.30 bits per heavy atom. The molecule has 1 unspecified atom stereocenters. The van der Waals surface area contributed by atoms with Crippen molar-refractivity contribution in [1.82, 2.24) is 0 Å². The zero-order valence-corrected chi connectivity index (χ0v) is 6.55. The number of epoxide rings is 1. The number of unbranched alkanes of at least 4 members (excludes halogenated alkanes) is 2. The lowest BCUT2D eigenvalue weighted by Crippen LogP contribution is -2.13. The third kappa shape index (κ3) is 2.67. The molecule has 2 atom stereocenters. The molecule has 0 bridgehead atoms. The van der Waals surface area contributed by atoms with Gasteiger partial charge in [-0.05, 0) is 6.42 Å². The molecular weight excluding hydrogens is 128 g/mol. The molecule has 1 aliphatic heterocycles. The summed E-state index contributed by atoms with van der Waals surface area (Å²) in [6, 6.07) is 0. The summed E-state index contributed by atoms with van der Waals surface area (Å²) in [6.45, 7) is 2.94. The second kappa shape index (κ2) is 3.94. The molecule has 0 amide bonds. The smallest absolute Gasteiger partial charge is 0.107 e. The molecule has 0 radical (unpaired) electrons. The first-order valence-corrected chi connectivity index (χ1v) is 4.14. The highest BCUT2D eigenvalue weighted by Crippen LogP contribution is 2.18. The van der Waals surface area contributed by atoms with E-state index in [1.54, 1.807) is 0 Å². The Labute approximate surface area is 62.2 Å². The van der Waals surface area contributed by atoms with Crippen LogP contribution in [0.4, 0.5) is 0 Å². The molecule has 1 aliphatic rings. The standard InChI is InChI=1S/C8H16O2/c1-2-3-4-5-7(9)8-6-10-8/h7-9H,2-6H2,1H3/t7-,8?/m1/s1. The van der Waals surface area contributed by atoms with Gasteiger partial charge in [-0.25, -0.2) is 0 Å². The maximum atomic E-state index is 9.29. The van der Waals surface area contributed by atoms with Crippen LogP contribution >= 0.6 is 0 Å². The second-order valence-corrected chi connectivity index (χ2v) is 2.93. The molecule has 0 aromatic heterocycles. The van der Waals surface area contributed by atoms with Crippen LogP contribution in [0.5, 0.6) is 0 Å². The van der Waals surface area contributed by atoms with E-state index in [2.05, 4.69) is 6.92 Å². The van der Waals surface area contributed by atoms with Crippen LogP contribution in [0.25, 0.3) is 0 Å². The van der Waals surface area contributed by atoms with Crippen molar-refractivity contribution in [3.05, 3.63) is 0 Å². The van der Waals surface area contributed by atoms with Crippen molar-refractivity contribution in [3.63, 3.8) is 0 Å². The summed E-state index contributed by atoms with van der Waals surface area (Å²) in [7, 11) is 0. The fourth-order valence-electron chi connectivity index (χ4n) is 1.07. The van der Waals surface area contributed by atoms with E-state index in [-0.39, 0.29) is 12.2 Å². The van der Waals surface area contributed by atoms with E-state index in [0.717, 1.165) is 19.4 Å². The van der Waals surface area contributed by atoms with Gasteiger partial charge in [0.15, 0.2) is 0 Å². The summed E-state index contributed by atoms with van der Waals surface area (Å²) < 4.78 is 4.95. The monoisotopic (exact) mass is 144 g/mol. The van der Waals surface area contributed by atoms with Crippen molar-refractivity contribution in [2.45, 2.75) is 44.8 Å². The fourth-order valence-corrected chi connectivity index (χ4v) is 1.07. The third-order valence-corrected chi connectivity index (χ3v) is 1.89. The topological polar surface area (TPSA) is 32.8 Å². The first kappa shape index (κ1) is 8.02. The van der Waals surface area contributed by atoms with Crippen LogP contribution in [0.15, 0.2) is 0 Å².